The van der Waals surface area contributed by atoms with Gasteiger partial charge in [0.1, 0.15) is 17.4 Å². The van der Waals surface area contributed by atoms with Gasteiger partial charge < -0.3 is 4.74 Å². The minimum atomic E-state index is -0.796. The molecule has 6 heteroatoms. The lowest BCUT2D eigenvalue weighted by atomic mass is 10.1. The van der Waals surface area contributed by atoms with Gasteiger partial charge in [0.05, 0.1) is 6.54 Å². The Morgan fingerprint density at radius 3 is 2.52 bits per heavy atom. The lowest BCUT2D eigenvalue weighted by Gasteiger charge is -2.26. The zero-order valence-electron chi connectivity index (χ0n) is 16.3. The van der Waals surface area contributed by atoms with Crippen molar-refractivity contribution in [2.24, 2.45) is 0 Å². The first-order valence-corrected chi connectivity index (χ1v) is 9.78. The van der Waals surface area contributed by atoms with Gasteiger partial charge in [-0.15, -0.1) is 0 Å². The van der Waals surface area contributed by atoms with Gasteiger partial charge in [-0.25, -0.2) is 9.37 Å². The van der Waals surface area contributed by atoms with Crippen LogP contribution in [0.5, 0.6) is 5.75 Å². The van der Waals surface area contributed by atoms with Crippen LogP contribution in [0.2, 0.25) is 5.02 Å². The second-order valence-corrected chi connectivity index (χ2v) is 6.98. The first-order chi connectivity index (χ1) is 14.0. The fourth-order valence-corrected chi connectivity index (χ4v) is 3.13. The molecule has 0 saturated heterocycles. The number of carbonyl (C=O) groups excluding carboxylic acids is 1. The van der Waals surface area contributed by atoms with Crippen molar-refractivity contribution in [3.05, 3.63) is 88.8 Å². The van der Waals surface area contributed by atoms with Gasteiger partial charge in [0, 0.05) is 16.8 Å². The number of rotatable bonds is 7. The molecule has 0 unspecified atom stereocenters. The second-order valence-electron chi connectivity index (χ2n) is 6.57. The Morgan fingerprint density at radius 1 is 1.14 bits per heavy atom. The predicted molar refractivity (Wildman–Crippen MR) is 113 cm³/mol. The van der Waals surface area contributed by atoms with Crippen LogP contribution in [-0.2, 0) is 17.8 Å². The highest BCUT2D eigenvalue weighted by molar-refractivity contribution is 6.31. The van der Waals surface area contributed by atoms with Crippen molar-refractivity contribution < 1.29 is 13.9 Å². The molecule has 1 aromatic heterocycles. The summed E-state index contributed by atoms with van der Waals surface area (Å²) in [5.41, 5.74) is 1.41. The fraction of sp³-hybridized carbons (Fsp3) is 0.217. The van der Waals surface area contributed by atoms with Crippen LogP contribution in [0, 0.1) is 5.82 Å². The standard InChI is InChI=1S/C23H22ClFN2O2/c1-3-17-10-12-18(13-11-17)29-16(2)23(28)27(22-9-4-5-14-26-22)15-19-20(24)7-6-8-21(19)25/h4-14,16H,3,15H2,1-2H3/t16-/m0/s1. The lowest BCUT2D eigenvalue weighted by molar-refractivity contribution is -0.124. The monoisotopic (exact) mass is 412 g/mol. The molecule has 4 nitrogen and oxygen atoms in total. The SMILES string of the molecule is CCc1ccc(O[C@@H](C)C(=O)N(Cc2c(F)cccc2Cl)c2ccccn2)cc1. The first-order valence-electron chi connectivity index (χ1n) is 9.40. The van der Waals surface area contributed by atoms with Crippen LogP contribution in [0.3, 0.4) is 0 Å². The normalized spacial score (nSPS) is 11.7. The predicted octanol–water partition coefficient (Wildman–Crippen LogP) is 5.44. The van der Waals surface area contributed by atoms with E-state index >= 15 is 0 Å². The average Bonchev–Trinajstić information content (AvgIpc) is 2.74. The highest BCUT2D eigenvalue weighted by atomic mass is 35.5. The zero-order valence-corrected chi connectivity index (χ0v) is 17.1. The number of aryl methyl sites for hydroxylation is 1. The van der Waals surface area contributed by atoms with Gasteiger partial charge in [-0.3, -0.25) is 9.69 Å². The van der Waals surface area contributed by atoms with Crippen molar-refractivity contribution >= 4 is 23.3 Å². The largest absolute Gasteiger partial charge is 0.481 e. The third kappa shape index (κ3) is 5.12. The number of carbonyl (C=O) groups is 1. The molecule has 0 aliphatic heterocycles. The van der Waals surface area contributed by atoms with E-state index in [2.05, 4.69) is 11.9 Å². The van der Waals surface area contributed by atoms with Crippen LogP contribution in [0.25, 0.3) is 0 Å². The number of benzene rings is 2. The molecule has 1 amide bonds. The molecule has 1 atom stereocenters. The van der Waals surface area contributed by atoms with E-state index in [0.29, 0.717) is 11.6 Å². The Hall–Kier alpha value is -2.92. The summed E-state index contributed by atoms with van der Waals surface area (Å²) in [4.78, 5) is 18.8. The maximum Gasteiger partial charge on any atom is 0.269 e. The Kier molecular flexibility index (Phi) is 6.83. The third-order valence-corrected chi connectivity index (χ3v) is 4.92. The molecule has 0 bridgehead atoms. The molecule has 0 aliphatic rings. The number of anilines is 1. The van der Waals surface area contributed by atoms with Crippen molar-refractivity contribution in [1.29, 1.82) is 0 Å². The topological polar surface area (TPSA) is 42.4 Å². The summed E-state index contributed by atoms with van der Waals surface area (Å²) >= 11 is 6.17. The molecule has 0 aliphatic carbocycles. The summed E-state index contributed by atoms with van der Waals surface area (Å²) in [6.45, 7) is 3.68. The van der Waals surface area contributed by atoms with E-state index in [1.807, 2.05) is 24.3 Å². The Labute approximate surface area is 174 Å². The van der Waals surface area contributed by atoms with Crippen LogP contribution in [-0.4, -0.2) is 17.0 Å². The van der Waals surface area contributed by atoms with Gasteiger partial charge in [0.2, 0.25) is 0 Å². The molecule has 1 heterocycles. The number of pyridine rings is 1. The number of halogens is 2. The molecule has 2 aromatic carbocycles. The maximum atomic E-state index is 14.3. The number of hydrogen-bond acceptors (Lipinski definition) is 3. The molecular formula is C23H22ClFN2O2. The Morgan fingerprint density at radius 2 is 1.90 bits per heavy atom. The molecular weight excluding hydrogens is 391 g/mol. The highest BCUT2D eigenvalue weighted by Crippen LogP contribution is 2.24. The van der Waals surface area contributed by atoms with E-state index in [1.165, 1.54) is 22.6 Å². The maximum absolute atomic E-state index is 14.3. The van der Waals surface area contributed by atoms with E-state index in [9.17, 15) is 9.18 Å². The number of amides is 1. The first kappa shape index (κ1) is 20.8. The van der Waals surface area contributed by atoms with Crippen molar-refractivity contribution in [2.75, 3.05) is 4.90 Å². The zero-order chi connectivity index (χ0) is 20.8. The summed E-state index contributed by atoms with van der Waals surface area (Å²) in [6.07, 6.45) is 1.70. The molecule has 150 valence electrons. The number of ether oxygens (including phenoxy) is 1. The molecule has 3 rings (SSSR count). The molecule has 0 fully saturated rings. The van der Waals surface area contributed by atoms with Crippen LogP contribution >= 0.6 is 11.6 Å². The van der Waals surface area contributed by atoms with Crippen molar-refractivity contribution in [1.82, 2.24) is 4.98 Å². The Bertz CT molecular complexity index is 944. The van der Waals surface area contributed by atoms with Gasteiger partial charge in [-0.1, -0.05) is 42.8 Å². The van der Waals surface area contributed by atoms with Gasteiger partial charge in [-0.05, 0) is 55.3 Å². The molecule has 0 N–H and O–H groups in total. The smallest absolute Gasteiger partial charge is 0.269 e. The number of nitrogens with zero attached hydrogens (tertiary/aromatic N) is 2. The van der Waals surface area contributed by atoms with E-state index in [-0.39, 0.29) is 23.0 Å². The van der Waals surface area contributed by atoms with Gasteiger partial charge in [0.25, 0.3) is 5.91 Å². The number of hydrogen-bond donors (Lipinski definition) is 0. The summed E-state index contributed by atoms with van der Waals surface area (Å²) in [5.74, 6) is 0.166. The minimum Gasteiger partial charge on any atom is -0.481 e. The van der Waals surface area contributed by atoms with Crippen molar-refractivity contribution in [3.8, 4) is 5.75 Å². The third-order valence-electron chi connectivity index (χ3n) is 4.56. The summed E-state index contributed by atoms with van der Waals surface area (Å²) in [7, 11) is 0. The van der Waals surface area contributed by atoms with Crippen LogP contribution < -0.4 is 9.64 Å². The molecule has 29 heavy (non-hydrogen) atoms. The molecule has 3 aromatic rings. The highest BCUT2D eigenvalue weighted by Gasteiger charge is 2.26. The van der Waals surface area contributed by atoms with Crippen LogP contribution in [0.4, 0.5) is 10.2 Å². The van der Waals surface area contributed by atoms with Crippen molar-refractivity contribution in [2.45, 2.75) is 32.9 Å². The van der Waals surface area contributed by atoms with E-state index < -0.39 is 11.9 Å². The molecule has 0 spiro atoms. The molecule has 0 radical (unpaired) electrons. The second kappa shape index (κ2) is 9.52. The summed E-state index contributed by atoms with van der Waals surface area (Å²) in [6, 6.07) is 17.2. The van der Waals surface area contributed by atoms with Crippen molar-refractivity contribution in [3.63, 3.8) is 0 Å². The summed E-state index contributed by atoms with van der Waals surface area (Å²) < 4.78 is 20.2. The van der Waals surface area contributed by atoms with Gasteiger partial charge in [0.15, 0.2) is 6.10 Å². The van der Waals surface area contributed by atoms with E-state index in [4.69, 9.17) is 16.3 Å². The molecule has 0 saturated carbocycles. The average molecular weight is 413 g/mol. The fourth-order valence-electron chi connectivity index (χ4n) is 2.90. The summed E-state index contributed by atoms with van der Waals surface area (Å²) in [5, 5.41) is 0.252. The van der Waals surface area contributed by atoms with Crippen LogP contribution in [0.15, 0.2) is 66.9 Å². The lowest BCUT2D eigenvalue weighted by Crippen LogP contribution is -2.41. The number of aromatic nitrogens is 1. The van der Waals surface area contributed by atoms with Gasteiger partial charge >= 0.3 is 0 Å². The van der Waals surface area contributed by atoms with Crippen LogP contribution in [0.1, 0.15) is 25.0 Å². The minimum absolute atomic E-state index is 0.0518. The Balaban J connectivity index is 1.85. The quantitative estimate of drug-likeness (QED) is 0.519. The van der Waals surface area contributed by atoms with E-state index in [1.54, 1.807) is 37.4 Å². The van der Waals surface area contributed by atoms with E-state index in [0.717, 1.165) is 6.42 Å². The van der Waals surface area contributed by atoms with Gasteiger partial charge in [-0.2, -0.15) is 0 Å².